The van der Waals surface area contributed by atoms with Gasteiger partial charge in [0.25, 0.3) is 11.8 Å². The van der Waals surface area contributed by atoms with Gasteiger partial charge < -0.3 is 34.5 Å². The second kappa shape index (κ2) is 13.9. The van der Waals surface area contributed by atoms with Gasteiger partial charge in [-0.2, -0.15) is 0 Å². The second-order valence-electron chi connectivity index (χ2n) is 13.3. The molecule has 3 aromatic carbocycles. The zero-order chi connectivity index (χ0) is 36.7. The van der Waals surface area contributed by atoms with E-state index < -0.39 is 5.54 Å². The standard InChI is InChI=1S/C41H39N5O6S/c1-4-41-20-27(25-8-10-28(42)11-9-25)23-46(41)40(48)31-17-35(50-3)37(19-33(31)44-24-41)52-13-6-12-51-36-18-32-30(16-34(36)49-2)39(47)45-22-26(15-29(45)21-43-32)38-7-5-14-53-38/h5,7-11,14,16-19,21-24,29H,4,6,12-13,15,20,42H2,1-3H3/t29-,41?/m0/s1. The Morgan fingerprint density at radius 1 is 0.849 bits per heavy atom. The number of rotatable bonds is 11. The Bertz CT molecular complexity index is 2210. The molecular formula is C41H39N5O6S. The molecule has 1 aromatic heterocycles. The van der Waals surface area contributed by atoms with E-state index in [1.54, 1.807) is 59.6 Å². The number of thiophene rings is 1. The van der Waals surface area contributed by atoms with Crippen molar-refractivity contribution in [2.24, 2.45) is 9.98 Å². The zero-order valence-corrected chi connectivity index (χ0v) is 30.5. The van der Waals surface area contributed by atoms with E-state index >= 15 is 0 Å². The number of benzene rings is 3. The van der Waals surface area contributed by atoms with Gasteiger partial charge >= 0.3 is 0 Å². The first-order valence-electron chi connectivity index (χ1n) is 17.6. The number of aliphatic imine (C=N–C) groups is 2. The summed E-state index contributed by atoms with van der Waals surface area (Å²) >= 11 is 1.66. The summed E-state index contributed by atoms with van der Waals surface area (Å²) in [6, 6.07) is 18.5. The Morgan fingerprint density at radius 3 is 2.17 bits per heavy atom. The average Bonchev–Trinajstić information content (AvgIpc) is 3.93. The molecule has 5 heterocycles. The highest BCUT2D eigenvalue weighted by Crippen LogP contribution is 2.45. The number of methoxy groups -OCH3 is 2. The highest BCUT2D eigenvalue weighted by molar-refractivity contribution is 7.11. The fourth-order valence-electron chi connectivity index (χ4n) is 7.22. The number of nitrogens with zero attached hydrogens (tertiary/aromatic N) is 4. The molecule has 4 aliphatic rings. The number of carbonyl (C=O) groups excluding carboxylic acids is 2. The summed E-state index contributed by atoms with van der Waals surface area (Å²) in [6.45, 7) is 2.69. The minimum absolute atomic E-state index is 0.127. The molecule has 0 radical (unpaired) electrons. The maximum atomic E-state index is 14.0. The van der Waals surface area contributed by atoms with E-state index in [1.807, 2.05) is 60.5 Å². The molecule has 4 aliphatic heterocycles. The number of carbonyl (C=O) groups is 2. The van der Waals surface area contributed by atoms with Crippen LogP contribution in [-0.4, -0.2) is 73.1 Å². The van der Waals surface area contributed by atoms with Gasteiger partial charge in [0.2, 0.25) is 0 Å². The van der Waals surface area contributed by atoms with Crippen molar-refractivity contribution in [3.05, 3.63) is 100 Å². The number of fused-ring (bicyclic) bond motifs is 4. The third-order valence-electron chi connectivity index (χ3n) is 10.2. The van der Waals surface area contributed by atoms with Gasteiger partial charge in [0.15, 0.2) is 23.0 Å². The first kappa shape index (κ1) is 34.2. The van der Waals surface area contributed by atoms with E-state index in [4.69, 9.17) is 34.7 Å². The third kappa shape index (κ3) is 6.22. The van der Waals surface area contributed by atoms with Crippen molar-refractivity contribution < 1.29 is 28.5 Å². The zero-order valence-electron chi connectivity index (χ0n) is 29.7. The maximum Gasteiger partial charge on any atom is 0.260 e. The molecule has 0 aliphatic carbocycles. The monoisotopic (exact) mass is 729 g/mol. The summed E-state index contributed by atoms with van der Waals surface area (Å²) in [5.41, 5.74) is 11.2. The third-order valence-corrected chi connectivity index (χ3v) is 11.1. The van der Waals surface area contributed by atoms with Crippen molar-refractivity contribution in [3.63, 3.8) is 0 Å². The van der Waals surface area contributed by atoms with Crippen molar-refractivity contribution in [2.45, 2.75) is 44.2 Å². The van der Waals surface area contributed by atoms with Crippen molar-refractivity contribution in [1.82, 2.24) is 9.80 Å². The molecule has 0 saturated carbocycles. The van der Waals surface area contributed by atoms with Crippen LogP contribution in [0.5, 0.6) is 23.0 Å². The summed E-state index contributed by atoms with van der Waals surface area (Å²) in [7, 11) is 3.10. The van der Waals surface area contributed by atoms with Crippen LogP contribution < -0.4 is 24.7 Å². The Morgan fingerprint density at radius 2 is 1.53 bits per heavy atom. The van der Waals surface area contributed by atoms with Crippen molar-refractivity contribution >= 4 is 63.8 Å². The van der Waals surface area contributed by atoms with Crippen LogP contribution in [0.4, 0.5) is 17.1 Å². The first-order valence-corrected chi connectivity index (χ1v) is 18.5. The quantitative estimate of drug-likeness (QED) is 0.123. The number of ether oxygens (including phenoxy) is 4. The SMILES string of the molecule is CCC12C=Nc3cc(OCCCOc4cc5c(cc4OC)C(=O)N4C=C(c6cccs6)C[C@H]4C=N5)c(OC)cc3C(=O)N1C=C(c1ccc(N)cc1)C2. The van der Waals surface area contributed by atoms with E-state index in [9.17, 15) is 9.59 Å². The van der Waals surface area contributed by atoms with Gasteiger partial charge in [0.1, 0.15) is 0 Å². The summed E-state index contributed by atoms with van der Waals surface area (Å²) < 4.78 is 23.6. The van der Waals surface area contributed by atoms with E-state index in [2.05, 4.69) is 13.0 Å². The van der Waals surface area contributed by atoms with E-state index in [-0.39, 0.29) is 17.9 Å². The van der Waals surface area contributed by atoms with Crippen LogP contribution in [0.25, 0.3) is 11.1 Å². The number of hydrogen-bond acceptors (Lipinski definition) is 10. The highest BCUT2D eigenvalue weighted by Gasteiger charge is 2.44. The number of nitrogens with two attached hydrogens (primary N) is 1. The largest absolute Gasteiger partial charge is 0.493 e. The number of anilines is 1. The minimum atomic E-state index is -0.588. The number of hydrogen-bond donors (Lipinski definition) is 1. The van der Waals surface area contributed by atoms with Gasteiger partial charge in [-0.05, 0) is 58.8 Å². The predicted octanol–water partition coefficient (Wildman–Crippen LogP) is 7.92. The van der Waals surface area contributed by atoms with Crippen LogP contribution in [0, 0.1) is 0 Å². The van der Waals surface area contributed by atoms with Crippen molar-refractivity contribution in [1.29, 1.82) is 0 Å². The Balaban J connectivity index is 0.937. The Labute approximate surface area is 311 Å². The van der Waals surface area contributed by atoms with Crippen LogP contribution in [0.2, 0.25) is 0 Å². The van der Waals surface area contributed by atoms with Gasteiger partial charge in [0.05, 0.1) is 61.5 Å². The number of nitrogen functional groups attached to an aromatic ring is 1. The van der Waals surface area contributed by atoms with Crippen molar-refractivity contribution in [3.8, 4) is 23.0 Å². The summed E-state index contributed by atoms with van der Waals surface area (Å²) in [5.74, 6) is 1.58. The van der Waals surface area contributed by atoms with Crippen LogP contribution >= 0.6 is 11.3 Å². The summed E-state index contributed by atoms with van der Waals surface area (Å²) in [6.07, 6.45) is 10.2. The first-order chi connectivity index (χ1) is 25.8. The van der Waals surface area contributed by atoms with E-state index in [1.165, 1.54) is 0 Å². The molecule has 12 heteroatoms. The summed E-state index contributed by atoms with van der Waals surface area (Å²) in [4.78, 5) is 41.9. The molecular weight excluding hydrogens is 691 g/mol. The molecule has 53 heavy (non-hydrogen) atoms. The average molecular weight is 730 g/mol. The maximum absolute atomic E-state index is 14.0. The predicted molar refractivity (Wildman–Crippen MR) is 207 cm³/mol. The molecule has 8 rings (SSSR count). The van der Waals surface area contributed by atoms with Gasteiger partial charge in [-0.25, -0.2) is 0 Å². The normalized spacial score (nSPS) is 19.8. The molecule has 0 saturated heterocycles. The lowest BCUT2D eigenvalue weighted by Gasteiger charge is -2.32. The molecule has 0 bridgehead atoms. The van der Waals surface area contributed by atoms with Gasteiger partial charge in [-0.1, -0.05) is 25.1 Å². The molecule has 4 aromatic rings. The highest BCUT2D eigenvalue weighted by atomic mass is 32.1. The lowest BCUT2D eigenvalue weighted by atomic mass is 9.89. The molecule has 2 N–H and O–H groups in total. The fraction of sp³-hybridized carbons (Fsp3) is 0.268. The van der Waals surface area contributed by atoms with Crippen LogP contribution in [0.1, 0.15) is 63.8 Å². The molecule has 2 amide bonds. The minimum Gasteiger partial charge on any atom is -0.493 e. The molecule has 0 fully saturated rings. The Hall–Kier alpha value is -5.88. The molecule has 11 nitrogen and oxygen atoms in total. The van der Waals surface area contributed by atoms with Crippen LogP contribution in [0.15, 0.2) is 88.4 Å². The smallest absolute Gasteiger partial charge is 0.260 e. The van der Waals surface area contributed by atoms with Crippen LogP contribution in [-0.2, 0) is 0 Å². The van der Waals surface area contributed by atoms with Crippen LogP contribution in [0.3, 0.4) is 0 Å². The molecule has 1 unspecified atom stereocenters. The van der Waals surface area contributed by atoms with Crippen molar-refractivity contribution in [2.75, 3.05) is 33.2 Å². The van der Waals surface area contributed by atoms with E-state index in [0.717, 1.165) is 21.6 Å². The van der Waals surface area contributed by atoms with E-state index in [0.29, 0.717) is 90.1 Å². The molecule has 0 spiro atoms. The lowest BCUT2D eigenvalue weighted by Crippen LogP contribution is -2.46. The second-order valence-corrected chi connectivity index (χ2v) is 14.3. The van der Waals surface area contributed by atoms with Gasteiger partial charge in [-0.15, -0.1) is 11.3 Å². The fourth-order valence-corrected chi connectivity index (χ4v) is 7.97. The van der Waals surface area contributed by atoms with Gasteiger partial charge in [0, 0.05) is 66.8 Å². The summed E-state index contributed by atoms with van der Waals surface area (Å²) in [5, 5.41) is 2.04. The van der Waals surface area contributed by atoms with Gasteiger partial charge in [-0.3, -0.25) is 19.6 Å². The molecule has 270 valence electrons. The topological polar surface area (TPSA) is 128 Å². The number of amides is 2. The lowest BCUT2D eigenvalue weighted by molar-refractivity contribution is 0.0745. The Kier molecular flexibility index (Phi) is 8.99. The molecule has 2 atom stereocenters.